The zero-order valence-corrected chi connectivity index (χ0v) is 16.9. The van der Waals surface area contributed by atoms with Crippen LogP contribution in [0, 0.1) is 0 Å². The first-order valence-corrected chi connectivity index (χ1v) is 9.77. The van der Waals surface area contributed by atoms with Crippen LogP contribution in [0.3, 0.4) is 0 Å². The Morgan fingerprint density at radius 1 is 0.897 bits per heavy atom. The molecule has 0 spiro atoms. The maximum absolute atomic E-state index is 13.6. The van der Waals surface area contributed by atoms with Crippen LogP contribution >= 0.6 is 11.6 Å². The minimum Gasteiger partial charge on any atom is -0.465 e. The van der Waals surface area contributed by atoms with Crippen molar-refractivity contribution >= 4 is 29.2 Å². The van der Waals surface area contributed by atoms with Gasteiger partial charge >= 0.3 is 5.97 Å². The number of anilines is 1. The first kappa shape index (κ1) is 20.6. The Labute approximate surface area is 175 Å². The van der Waals surface area contributed by atoms with E-state index >= 15 is 0 Å². The number of hydrogen-bond acceptors (Lipinski definition) is 3. The van der Waals surface area contributed by atoms with Gasteiger partial charge in [-0.2, -0.15) is 0 Å². The number of hydrogen-bond donors (Lipinski definition) is 1. The summed E-state index contributed by atoms with van der Waals surface area (Å²) in [6, 6.07) is 25.2. The standard InChI is InChI=1S/C24H22ClNO3/c1-2-29-23(28)24(19-11-7-4-8-12-19,17-18-9-5-3-6-10-18)22(27)26-21-15-13-20(25)14-16-21/h3-16H,2,17H2,1H3,(H,26,27). The molecular weight excluding hydrogens is 386 g/mol. The fourth-order valence-corrected chi connectivity index (χ4v) is 3.37. The van der Waals surface area contributed by atoms with Crippen LogP contribution in [0.15, 0.2) is 84.9 Å². The van der Waals surface area contributed by atoms with Gasteiger partial charge in [0.25, 0.3) is 0 Å². The summed E-state index contributed by atoms with van der Waals surface area (Å²) in [5.41, 5.74) is 0.458. The SMILES string of the molecule is CCOC(=O)C(Cc1ccccc1)(C(=O)Nc1ccc(Cl)cc1)c1ccccc1. The molecule has 1 N–H and O–H groups in total. The molecule has 1 amide bonds. The summed E-state index contributed by atoms with van der Waals surface area (Å²) in [6.07, 6.45) is 0.177. The lowest BCUT2D eigenvalue weighted by Crippen LogP contribution is -2.50. The van der Waals surface area contributed by atoms with E-state index in [1.54, 1.807) is 43.3 Å². The van der Waals surface area contributed by atoms with Crippen molar-refractivity contribution in [2.75, 3.05) is 11.9 Å². The number of esters is 1. The van der Waals surface area contributed by atoms with Crippen LogP contribution in [0.5, 0.6) is 0 Å². The van der Waals surface area contributed by atoms with E-state index in [0.29, 0.717) is 16.3 Å². The van der Waals surface area contributed by atoms with Crippen molar-refractivity contribution in [1.29, 1.82) is 0 Å². The van der Waals surface area contributed by atoms with Gasteiger partial charge < -0.3 is 10.1 Å². The Kier molecular flexibility index (Phi) is 6.68. The van der Waals surface area contributed by atoms with Crippen LogP contribution in [-0.4, -0.2) is 18.5 Å². The van der Waals surface area contributed by atoms with Crippen LogP contribution in [0.1, 0.15) is 18.1 Å². The summed E-state index contributed by atoms with van der Waals surface area (Å²) in [5, 5.41) is 3.43. The zero-order valence-electron chi connectivity index (χ0n) is 16.1. The third kappa shape index (κ3) is 4.66. The molecule has 5 heteroatoms. The van der Waals surface area contributed by atoms with Gasteiger partial charge in [0.1, 0.15) is 0 Å². The van der Waals surface area contributed by atoms with Gasteiger partial charge in [0.05, 0.1) is 6.61 Å². The zero-order chi connectivity index (χ0) is 20.7. The average molecular weight is 408 g/mol. The summed E-state index contributed by atoms with van der Waals surface area (Å²) in [4.78, 5) is 26.8. The Balaban J connectivity index is 2.10. The Bertz CT molecular complexity index is 958. The van der Waals surface area contributed by atoms with E-state index in [1.807, 2.05) is 48.5 Å². The number of halogens is 1. The average Bonchev–Trinajstić information content (AvgIpc) is 2.75. The quantitative estimate of drug-likeness (QED) is 0.442. The Morgan fingerprint density at radius 3 is 2.07 bits per heavy atom. The lowest BCUT2D eigenvalue weighted by atomic mass is 9.74. The topological polar surface area (TPSA) is 55.4 Å². The molecule has 0 aromatic heterocycles. The molecule has 0 saturated heterocycles. The molecule has 29 heavy (non-hydrogen) atoms. The summed E-state index contributed by atoms with van der Waals surface area (Å²) < 4.78 is 5.39. The molecule has 0 radical (unpaired) electrons. The summed E-state index contributed by atoms with van der Waals surface area (Å²) in [6.45, 7) is 1.91. The minimum absolute atomic E-state index is 0.177. The molecule has 0 bridgehead atoms. The van der Waals surface area contributed by atoms with Crippen LogP contribution in [-0.2, 0) is 26.2 Å². The predicted octanol–water partition coefficient (Wildman–Crippen LogP) is 5.02. The summed E-state index contributed by atoms with van der Waals surface area (Å²) >= 11 is 5.95. The predicted molar refractivity (Wildman–Crippen MR) is 115 cm³/mol. The first-order valence-electron chi connectivity index (χ1n) is 9.40. The van der Waals surface area contributed by atoms with Gasteiger partial charge in [-0.1, -0.05) is 72.3 Å². The largest absolute Gasteiger partial charge is 0.465 e. The molecule has 1 atom stereocenters. The van der Waals surface area contributed by atoms with Gasteiger partial charge in [-0.3, -0.25) is 9.59 Å². The molecule has 0 fully saturated rings. The van der Waals surface area contributed by atoms with Gasteiger partial charge in [0.2, 0.25) is 5.91 Å². The van der Waals surface area contributed by atoms with Crippen LogP contribution in [0.25, 0.3) is 0 Å². The molecule has 3 rings (SSSR count). The summed E-state index contributed by atoms with van der Waals surface area (Å²) in [5.74, 6) is -1.03. The number of carbonyl (C=O) groups is 2. The Hall–Kier alpha value is -3.11. The molecular formula is C24H22ClNO3. The van der Waals surface area contributed by atoms with Gasteiger partial charge in [-0.15, -0.1) is 0 Å². The summed E-state index contributed by atoms with van der Waals surface area (Å²) in [7, 11) is 0. The van der Waals surface area contributed by atoms with Crippen LogP contribution < -0.4 is 5.32 Å². The van der Waals surface area contributed by atoms with Gasteiger partial charge in [-0.25, -0.2) is 0 Å². The van der Waals surface area contributed by atoms with E-state index in [2.05, 4.69) is 5.32 Å². The minimum atomic E-state index is -1.53. The number of amides is 1. The fraction of sp³-hybridized carbons (Fsp3) is 0.167. The van der Waals surface area contributed by atoms with Crippen molar-refractivity contribution in [3.63, 3.8) is 0 Å². The van der Waals surface area contributed by atoms with Gasteiger partial charge in [0, 0.05) is 17.1 Å². The highest BCUT2D eigenvalue weighted by molar-refractivity contribution is 6.30. The van der Waals surface area contributed by atoms with E-state index in [1.165, 1.54) is 0 Å². The van der Waals surface area contributed by atoms with Crippen LogP contribution in [0.4, 0.5) is 5.69 Å². The maximum atomic E-state index is 13.6. The highest BCUT2D eigenvalue weighted by Crippen LogP contribution is 2.32. The van der Waals surface area contributed by atoms with Crippen molar-refractivity contribution in [2.45, 2.75) is 18.8 Å². The smallest absolute Gasteiger partial charge is 0.326 e. The van der Waals surface area contributed by atoms with Crippen molar-refractivity contribution in [3.8, 4) is 0 Å². The Morgan fingerprint density at radius 2 is 1.48 bits per heavy atom. The molecule has 0 aliphatic heterocycles. The molecule has 3 aromatic carbocycles. The van der Waals surface area contributed by atoms with Crippen molar-refractivity contribution < 1.29 is 14.3 Å². The highest BCUT2D eigenvalue weighted by atomic mass is 35.5. The lowest BCUT2D eigenvalue weighted by Gasteiger charge is -2.31. The van der Waals surface area contributed by atoms with E-state index in [0.717, 1.165) is 5.56 Å². The van der Waals surface area contributed by atoms with Crippen molar-refractivity contribution in [2.24, 2.45) is 0 Å². The van der Waals surface area contributed by atoms with Gasteiger partial charge in [-0.05, 0) is 42.3 Å². The molecule has 4 nitrogen and oxygen atoms in total. The molecule has 1 unspecified atom stereocenters. The molecule has 3 aromatic rings. The van der Waals surface area contributed by atoms with Crippen molar-refractivity contribution in [3.05, 3.63) is 101 Å². The lowest BCUT2D eigenvalue weighted by molar-refractivity contribution is -0.153. The number of ether oxygens (including phenoxy) is 1. The number of nitrogens with one attached hydrogen (secondary N) is 1. The fourth-order valence-electron chi connectivity index (χ4n) is 3.25. The first-order chi connectivity index (χ1) is 14.1. The van der Waals surface area contributed by atoms with E-state index in [-0.39, 0.29) is 13.0 Å². The van der Waals surface area contributed by atoms with Crippen LogP contribution in [0.2, 0.25) is 5.02 Å². The van der Waals surface area contributed by atoms with E-state index in [9.17, 15) is 9.59 Å². The van der Waals surface area contributed by atoms with Gasteiger partial charge in [0.15, 0.2) is 5.41 Å². The number of rotatable bonds is 7. The van der Waals surface area contributed by atoms with E-state index in [4.69, 9.17) is 16.3 Å². The normalized spacial score (nSPS) is 12.6. The van der Waals surface area contributed by atoms with Crippen molar-refractivity contribution in [1.82, 2.24) is 0 Å². The second-order valence-corrected chi connectivity index (χ2v) is 7.05. The third-order valence-electron chi connectivity index (χ3n) is 4.69. The molecule has 0 saturated carbocycles. The third-order valence-corrected chi connectivity index (χ3v) is 4.94. The molecule has 0 heterocycles. The monoisotopic (exact) mass is 407 g/mol. The molecule has 148 valence electrons. The number of benzene rings is 3. The molecule has 0 aliphatic rings. The second kappa shape index (κ2) is 9.39. The molecule has 0 aliphatic carbocycles. The highest BCUT2D eigenvalue weighted by Gasteiger charge is 2.49. The maximum Gasteiger partial charge on any atom is 0.326 e. The number of carbonyl (C=O) groups excluding carboxylic acids is 2. The van der Waals surface area contributed by atoms with E-state index < -0.39 is 17.3 Å². The second-order valence-electron chi connectivity index (χ2n) is 6.62.